The minimum absolute atomic E-state index is 0.111. The van der Waals surface area contributed by atoms with E-state index in [4.69, 9.17) is 5.26 Å². The number of nitrogens with zero attached hydrogens (tertiary/aromatic N) is 1. The fraction of sp³-hybridized carbons (Fsp3) is 0.562. The lowest BCUT2D eigenvalue weighted by molar-refractivity contribution is 0.317. The molecular weight excluding hydrogens is 239 g/mol. The number of nitriles is 1. The summed E-state index contributed by atoms with van der Waals surface area (Å²) in [6.45, 7) is 9.48. The third-order valence-electron chi connectivity index (χ3n) is 3.34. The van der Waals surface area contributed by atoms with Gasteiger partial charge in [0.05, 0.1) is 6.07 Å². The summed E-state index contributed by atoms with van der Waals surface area (Å²) in [5.74, 6) is -0.113. The summed E-state index contributed by atoms with van der Waals surface area (Å²) in [7, 11) is 0. The van der Waals surface area contributed by atoms with Gasteiger partial charge in [0.15, 0.2) is 0 Å². The zero-order valence-corrected chi connectivity index (χ0v) is 12.3. The molecule has 0 saturated carbocycles. The van der Waals surface area contributed by atoms with Crippen molar-refractivity contribution in [1.29, 1.82) is 5.26 Å². The van der Waals surface area contributed by atoms with Crippen LogP contribution < -0.4 is 5.32 Å². The zero-order valence-electron chi connectivity index (χ0n) is 12.3. The van der Waals surface area contributed by atoms with Gasteiger partial charge in [0.2, 0.25) is 0 Å². The van der Waals surface area contributed by atoms with E-state index >= 15 is 0 Å². The van der Waals surface area contributed by atoms with E-state index in [1.807, 2.05) is 12.1 Å². The Balaban J connectivity index is 2.52. The van der Waals surface area contributed by atoms with Crippen LogP contribution in [0.5, 0.6) is 0 Å². The molecule has 19 heavy (non-hydrogen) atoms. The number of benzene rings is 1. The molecule has 0 bridgehead atoms. The third-order valence-corrected chi connectivity index (χ3v) is 3.34. The van der Waals surface area contributed by atoms with Crippen LogP contribution in [0.1, 0.15) is 43.4 Å². The largest absolute Gasteiger partial charge is 0.312 e. The van der Waals surface area contributed by atoms with Gasteiger partial charge < -0.3 is 5.32 Å². The molecule has 104 valence electrons. The number of halogens is 1. The Kier molecular flexibility index (Phi) is 5.50. The maximum absolute atomic E-state index is 13.5. The quantitative estimate of drug-likeness (QED) is 0.845. The van der Waals surface area contributed by atoms with E-state index in [0.29, 0.717) is 17.5 Å². The molecule has 0 amide bonds. The molecule has 0 unspecified atom stereocenters. The topological polar surface area (TPSA) is 35.8 Å². The molecule has 1 N–H and O–H groups in total. The number of hydrogen-bond acceptors (Lipinski definition) is 2. The van der Waals surface area contributed by atoms with Crippen LogP contribution in [0.25, 0.3) is 0 Å². The summed E-state index contributed by atoms with van der Waals surface area (Å²) >= 11 is 0. The molecule has 0 aromatic heterocycles. The van der Waals surface area contributed by atoms with Gasteiger partial charge in [0.25, 0.3) is 0 Å². The highest BCUT2D eigenvalue weighted by molar-refractivity contribution is 5.30. The summed E-state index contributed by atoms with van der Waals surface area (Å²) in [6.07, 6.45) is 1.47. The monoisotopic (exact) mass is 262 g/mol. The number of hydrogen-bond donors (Lipinski definition) is 1. The average Bonchev–Trinajstić information content (AvgIpc) is 2.33. The van der Waals surface area contributed by atoms with Crippen molar-refractivity contribution < 1.29 is 4.39 Å². The van der Waals surface area contributed by atoms with Crippen LogP contribution in [0.2, 0.25) is 0 Å². The molecule has 0 spiro atoms. The Morgan fingerprint density at radius 1 is 1.26 bits per heavy atom. The van der Waals surface area contributed by atoms with Gasteiger partial charge in [0.1, 0.15) is 5.82 Å². The van der Waals surface area contributed by atoms with Crippen molar-refractivity contribution in [3.8, 4) is 6.07 Å². The molecule has 0 aliphatic rings. The Morgan fingerprint density at radius 2 is 1.84 bits per heavy atom. The summed E-state index contributed by atoms with van der Waals surface area (Å²) in [4.78, 5) is 0. The van der Waals surface area contributed by atoms with Gasteiger partial charge in [-0.25, -0.2) is 4.39 Å². The molecule has 0 fully saturated rings. The first-order chi connectivity index (χ1) is 8.85. The zero-order chi connectivity index (χ0) is 14.5. The maximum Gasteiger partial charge on any atom is 0.129 e. The molecule has 0 aliphatic heterocycles. The van der Waals surface area contributed by atoms with Crippen LogP contribution in [0.15, 0.2) is 12.1 Å². The van der Waals surface area contributed by atoms with Crippen molar-refractivity contribution >= 4 is 0 Å². The third kappa shape index (κ3) is 5.00. The normalized spacial score (nSPS) is 11.4. The van der Waals surface area contributed by atoms with Gasteiger partial charge in [-0.1, -0.05) is 26.0 Å². The standard InChI is InChI=1S/C16H23FN2/c1-12-8-14(9-13(2)15(12)17)10-19-11-16(3,4)6-5-7-18/h8-9,19H,5-6,10-11H2,1-4H3. The second kappa shape index (κ2) is 6.68. The van der Waals surface area contributed by atoms with E-state index in [1.54, 1.807) is 13.8 Å². The van der Waals surface area contributed by atoms with Crippen LogP contribution in [0, 0.1) is 36.4 Å². The summed E-state index contributed by atoms with van der Waals surface area (Å²) in [5.41, 5.74) is 2.61. The van der Waals surface area contributed by atoms with Crippen LogP contribution in [-0.2, 0) is 6.54 Å². The molecule has 0 radical (unpaired) electrons. The molecular formula is C16H23FN2. The van der Waals surface area contributed by atoms with E-state index in [2.05, 4.69) is 25.2 Å². The molecule has 0 heterocycles. The Hall–Kier alpha value is -1.40. The summed E-state index contributed by atoms with van der Waals surface area (Å²) in [5, 5.41) is 12.0. The second-order valence-electron chi connectivity index (χ2n) is 5.97. The molecule has 3 heteroatoms. The highest BCUT2D eigenvalue weighted by atomic mass is 19.1. The Bertz CT molecular complexity index is 449. The van der Waals surface area contributed by atoms with Crippen molar-refractivity contribution in [1.82, 2.24) is 5.32 Å². The van der Waals surface area contributed by atoms with E-state index in [-0.39, 0.29) is 11.2 Å². The maximum atomic E-state index is 13.5. The fourth-order valence-corrected chi connectivity index (χ4v) is 2.17. The first-order valence-electron chi connectivity index (χ1n) is 6.69. The summed E-state index contributed by atoms with van der Waals surface area (Å²) in [6, 6.07) is 5.96. The first-order valence-corrected chi connectivity index (χ1v) is 6.69. The summed E-state index contributed by atoms with van der Waals surface area (Å²) < 4.78 is 13.5. The number of nitrogens with one attached hydrogen (secondary N) is 1. The van der Waals surface area contributed by atoms with Gasteiger partial charge in [-0.2, -0.15) is 5.26 Å². The Morgan fingerprint density at radius 3 is 2.37 bits per heavy atom. The first kappa shape index (κ1) is 15.7. The predicted octanol–water partition coefficient (Wildman–Crippen LogP) is 3.86. The van der Waals surface area contributed by atoms with E-state index in [9.17, 15) is 4.39 Å². The molecule has 0 atom stereocenters. The minimum atomic E-state index is -0.113. The van der Waals surface area contributed by atoms with E-state index < -0.39 is 0 Å². The van der Waals surface area contributed by atoms with E-state index in [1.165, 1.54) is 0 Å². The van der Waals surface area contributed by atoms with Crippen LogP contribution >= 0.6 is 0 Å². The second-order valence-corrected chi connectivity index (χ2v) is 5.97. The van der Waals surface area contributed by atoms with Gasteiger partial charge in [0, 0.05) is 19.5 Å². The minimum Gasteiger partial charge on any atom is -0.312 e. The van der Waals surface area contributed by atoms with E-state index in [0.717, 1.165) is 25.1 Å². The lowest BCUT2D eigenvalue weighted by atomic mass is 9.88. The van der Waals surface area contributed by atoms with Crippen molar-refractivity contribution in [2.24, 2.45) is 5.41 Å². The number of rotatable bonds is 6. The highest BCUT2D eigenvalue weighted by Gasteiger charge is 2.16. The molecule has 0 saturated heterocycles. The lowest BCUT2D eigenvalue weighted by Crippen LogP contribution is -2.29. The fourth-order valence-electron chi connectivity index (χ4n) is 2.17. The number of aryl methyl sites for hydroxylation is 2. The van der Waals surface area contributed by atoms with Crippen molar-refractivity contribution in [2.75, 3.05) is 6.54 Å². The molecule has 1 rings (SSSR count). The predicted molar refractivity (Wildman–Crippen MR) is 76.2 cm³/mol. The van der Waals surface area contributed by atoms with Gasteiger partial charge in [-0.15, -0.1) is 0 Å². The SMILES string of the molecule is Cc1cc(CNCC(C)(C)CCC#N)cc(C)c1F. The smallest absolute Gasteiger partial charge is 0.129 e. The molecule has 1 aromatic carbocycles. The average molecular weight is 262 g/mol. The highest BCUT2D eigenvalue weighted by Crippen LogP contribution is 2.21. The molecule has 0 aliphatic carbocycles. The van der Waals surface area contributed by atoms with Crippen LogP contribution in [-0.4, -0.2) is 6.54 Å². The molecule has 2 nitrogen and oxygen atoms in total. The van der Waals surface area contributed by atoms with Crippen molar-refractivity contribution in [3.63, 3.8) is 0 Å². The lowest BCUT2D eigenvalue weighted by Gasteiger charge is -2.24. The Labute approximate surface area is 115 Å². The van der Waals surface area contributed by atoms with Gasteiger partial charge >= 0.3 is 0 Å². The van der Waals surface area contributed by atoms with Gasteiger partial charge in [-0.05, 0) is 42.4 Å². The van der Waals surface area contributed by atoms with Crippen LogP contribution in [0.3, 0.4) is 0 Å². The van der Waals surface area contributed by atoms with Crippen LogP contribution in [0.4, 0.5) is 4.39 Å². The molecule has 1 aromatic rings. The van der Waals surface area contributed by atoms with Crippen molar-refractivity contribution in [2.45, 2.75) is 47.1 Å². The van der Waals surface area contributed by atoms with Crippen molar-refractivity contribution in [3.05, 3.63) is 34.6 Å². The van der Waals surface area contributed by atoms with Gasteiger partial charge in [-0.3, -0.25) is 0 Å².